The molecule has 1 heterocycles. The Morgan fingerprint density at radius 2 is 2.28 bits per heavy atom. The molecule has 18 heavy (non-hydrogen) atoms. The fourth-order valence-corrected chi connectivity index (χ4v) is 2.82. The summed E-state index contributed by atoms with van der Waals surface area (Å²) >= 11 is 4.79. The highest BCUT2D eigenvalue weighted by molar-refractivity contribution is 7.89. The summed E-state index contributed by atoms with van der Waals surface area (Å²) in [6.45, 7) is 1.88. The first-order chi connectivity index (χ1) is 8.36. The molecule has 100 valence electrons. The number of thiocarbonyl (C=S) groups is 1. The fraction of sp³-hybridized carbons (Fsp3) is 0.400. The number of hydrogen-bond acceptors (Lipinski definition) is 4. The average Bonchev–Trinajstić information content (AvgIpc) is 2.28. The molecule has 0 radical (unpaired) electrons. The maximum absolute atomic E-state index is 12.9. The third kappa shape index (κ3) is 3.97. The van der Waals surface area contributed by atoms with Gasteiger partial charge in [0, 0.05) is 6.20 Å². The van der Waals surface area contributed by atoms with Crippen molar-refractivity contribution in [1.29, 1.82) is 0 Å². The topological polar surface area (TPSA) is 85.1 Å². The molecule has 3 N–H and O–H groups in total. The number of rotatable bonds is 6. The van der Waals surface area contributed by atoms with Crippen LogP contribution in [0.1, 0.15) is 19.8 Å². The maximum atomic E-state index is 12.9. The third-order valence-corrected chi connectivity index (χ3v) is 3.93. The number of nitrogens with zero attached hydrogens (tertiary/aromatic N) is 1. The molecule has 1 atom stereocenters. The number of pyridine rings is 1. The quantitative estimate of drug-likeness (QED) is 0.762. The molecule has 0 saturated heterocycles. The van der Waals surface area contributed by atoms with Gasteiger partial charge < -0.3 is 5.73 Å². The number of nitrogens with two attached hydrogens (primary N) is 1. The molecule has 0 saturated carbocycles. The zero-order chi connectivity index (χ0) is 13.8. The second kappa shape index (κ2) is 6.17. The number of nitrogens with one attached hydrogen (secondary N) is 1. The Morgan fingerprint density at radius 3 is 2.78 bits per heavy atom. The lowest BCUT2D eigenvalue weighted by Crippen LogP contribution is -2.43. The molecule has 5 nitrogen and oxygen atoms in total. The minimum absolute atomic E-state index is 0.0600. The van der Waals surface area contributed by atoms with Crippen LogP contribution >= 0.6 is 12.2 Å². The molecular formula is C10H14FN3O2S2. The van der Waals surface area contributed by atoms with Crippen molar-refractivity contribution in [3.63, 3.8) is 0 Å². The molecule has 1 unspecified atom stereocenters. The Balaban J connectivity index is 2.97. The van der Waals surface area contributed by atoms with Crippen LogP contribution in [-0.2, 0) is 10.0 Å². The van der Waals surface area contributed by atoms with Crippen molar-refractivity contribution in [3.05, 3.63) is 24.3 Å². The van der Waals surface area contributed by atoms with Crippen LogP contribution < -0.4 is 10.5 Å². The molecule has 0 spiro atoms. The van der Waals surface area contributed by atoms with Crippen LogP contribution in [0.2, 0.25) is 0 Å². The summed E-state index contributed by atoms with van der Waals surface area (Å²) in [6.07, 6.45) is 3.19. The molecule has 0 aliphatic rings. The second-order valence-electron chi connectivity index (χ2n) is 3.70. The van der Waals surface area contributed by atoms with Gasteiger partial charge in [0.2, 0.25) is 10.0 Å². The van der Waals surface area contributed by atoms with E-state index in [0.29, 0.717) is 12.8 Å². The van der Waals surface area contributed by atoms with E-state index in [1.807, 2.05) is 6.92 Å². The molecule has 1 aromatic heterocycles. The van der Waals surface area contributed by atoms with Gasteiger partial charge >= 0.3 is 0 Å². The van der Waals surface area contributed by atoms with E-state index in [-0.39, 0.29) is 9.88 Å². The smallest absolute Gasteiger partial charge is 0.242 e. The van der Waals surface area contributed by atoms with Crippen molar-refractivity contribution in [3.8, 4) is 0 Å². The minimum atomic E-state index is -3.87. The van der Waals surface area contributed by atoms with Gasteiger partial charge in [-0.15, -0.1) is 0 Å². The van der Waals surface area contributed by atoms with Gasteiger partial charge in [-0.05, 0) is 12.5 Å². The third-order valence-electron chi connectivity index (χ3n) is 2.21. The molecule has 1 aromatic rings. The summed E-state index contributed by atoms with van der Waals surface area (Å²) in [7, 11) is -3.87. The predicted octanol–water partition coefficient (Wildman–Crippen LogP) is 0.954. The van der Waals surface area contributed by atoms with Gasteiger partial charge in [-0.1, -0.05) is 25.6 Å². The van der Waals surface area contributed by atoms with Crippen LogP contribution in [0.5, 0.6) is 0 Å². The van der Waals surface area contributed by atoms with Crippen molar-refractivity contribution >= 4 is 27.2 Å². The van der Waals surface area contributed by atoms with Crippen molar-refractivity contribution in [2.45, 2.75) is 30.7 Å². The van der Waals surface area contributed by atoms with E-state index < -0.39 is 21.9 Å². The zero-order valence-corrected chi connectivity index (χ0v) is 11.4. The molecule has 0 bridgehead atoms. The van der Waals surface area contributed by atoms with Crippen LogP contribution in [0.3, 0.4) is 0 Å². The second-order valence-corrected chi connectivity index (χ2v) is 5.89. The minimum Gasteiger partial charge on any atom is -0.392 e. The van der Waals surface area contributed by atoms with Crippen molar-refractivity contribution in [2.24, 2.45) is 5.73 Å². The number of aromatic nitrogens is 1. The first-order valence-electron chi connectivity index (χ1n) is 5.29. The molecular weight excluding hydrogens is 277 g/mol. The fourth-order valence-electron chi connectivity index (χ4n) is 1.34. The highest BCUT2D eigenvalue weighted by Gasteiger charge is 2.22. The molecule has 0 aliphatic carbocycles. The lowest BCUT2D eigenvalue weighted by Gasteiger charge is -2.16. The van der Waals surface area contributed by atoms with E-state index in [4.69, 9.17) is 18.0 Å². The van der Waals surface area contributed by atoms with E-state index in [9.17, 15) is 12.8 Å². The van der Waals surface area contributed by atoms with E-state index in [1.165, 1.54) is 0 Å². The highest BCUT2D eigenvalue weighted by Crippen LogP contribution is 2.10. The summed E-state index contributed by atoms with van der Waals surface area (Å²) in [5.41, 5.74) is 5.45. The van der Waals surface area contributed by atoms with Gasteiger partial charge in [0.1, 0.15) is 10.7 Å². The Bertz CT molecular complexity index is 534. The van der Waals surface area contributed by atoms with Gasteiger partial charge in [-0.25, -0.2) is 17.5 Å². The van der Waals surface area contributed by atoms with Crippen molar-refractivity contribution in [1.82, 2.24) is 9.71 Å². The van der Waals surface area contributed by atoms with Crippen molar-refractivity contribution < 1.29 is 12.8 Å². The summed E-state index contributed by atoms with van der Waals surface area (Å²) < 4.78 is 39.2. The van der Waals surface area contributed by atoms with Gasteiger partial charge in [0.25, 0.3) is 0 Å². The van der Waals surface area contributed by atoms with Gasteiger partial charge in [0.05, 0.1) is 17.2 Å². The van der Waals surface area contributed by atoms with Crippen LogP contribution in [0.15, 0.2) is 23.4 Å². The van der Waals surface area contributed by atoms with Crippen LogP contribution in [0.4, 0.5) is 4.39 Å². The Hall–Kier alpha value is -1.12. The largest absolute Gasteiger partial charge is 0.392 e. The monoisotopic (exact) mass is 291 g/mol. The molecule has 8 heteroatoms. The molecule has 0 aliphatic heterocycles. The van der Waals surface area contributed by atoms with Crippen molar-refractivity contribution in [2.75, 3.05) is 0 Å². The van der Waals surface area contributed by atoms with Crippen LogP contribution in [0, 0.1) is 5.82 Å². The first kappa shape index (κ1) is 14.9. The normalized spacial score (nSPS) is 13.2. The number of halogens is 1. The standard InChI is InChI=1S/C10H14FN3O2S2/c1-2-3-9(10(12)17)14-18(15,16)8-4-7(11)5-13-6-8/h4-6,9,14H,2-3H2,1H3,(H2,12,17). The van der Waals surface area contributed by atoms with Gasteiger partial charge in [-0.2, -0.15) is 0 Å². The van der Waals surface area contributed by atoms with E-state index >= 15 is 0 Å². The molecule has 1 rings (SSSR count). The van der Waals surface area contributed by atoms with E-state index in [0.717, 1.165) is 18.5 Å². The lowest BCUT2D eigenvalue weighted by atomic mass is 10.2. The summed E-state index contributed by atoms with van der Waals surface area (Å²) in [5, 5.41) is 0. The Morgan fingerprint density at radius 1 is 1.61 bits per heavy atom. The molecule has 0 amide bonds. The average molecular weight is 291 g/mol. The molecule has 0 fully saturated rings. The maximum Gasteiger partial charge on any atom is 0.242 e. The zero-order valence-electron chi connectivity index (χ0n) is 9.76. The van der Waals surface area contributed by atoms with E-state index in [1.54, 1.807) is 0 Å². The Labute approximate surface area is 111 Å². The number of hydrogen-bond donors (Lipinski definition) is 2. The summed E-state index contributed by atoms with van der Waals surface area (Å²) in [5.74, 6) is -0.722. The Kier molecular flexibility index (Phi) is 5.12. The van der Waals surface area contributed by atoms with Crippen LogP contribution in [0.25, 0.3) is 0 Å². The van der Waals surface area contributed by atoms with Crippen LogP contribution in [-0.4, -0.2) is 24.4 Å². The predicted molar refractivity (Wildman–Crippen MR) is 70.0 cm³/mol. The lowest BCUT2D eigenvalue weighted by molar-refractivity contribution is 0.563. The van der Waals surface area contributed by atoms with Gasteiger partial charge in [-0.3, -0.25) is 4.98 Å². The SMILES string of the molecule is CCCC(NS(=O)(=O)c1cncc(F)c1)C(N)=S. The summed E-state index contributed by atoms with van der Waals surface area (Å²) in [4.78, 5) is 3.30. The van der Waals surface area contributed by atoms with Gasteiger partial charge in [0.15, 0.2) is 0 Å². The van der Waals surface area contributed by atoms with E-state index in [2.05, 4.69) is 9.71 Å². The first-order valence-corrected chi connectivity index (χ1v) is 7.18. The molecule has 0 aromatic carbocycles. The summed E-state index contributed by atoms with van der Waals surface area (Å²) in [6, 6.07) is 0.246. The highest BCUT2D eigenvalue weighted by atomic mass is 32.2. The number of sulfonamides is 1.